The standard InChI is InChI=1S/C20H25NO2S.C19H22BrNO2S.C19H22ClNO2S.C19H22FNO2S.C19H22INO2S.C19H23NO2S/c1-6-21(20(22)24-5)18-9-7-8-15(3)17(18)13-23-19-11-10-14(2)12-16(19)4;4*1-5-21(19(22)24-4)17-8-6-7-16(20)15(17)12-23-18-10-9-13(2)11-14(18)3;1-5-20(19(21)23-4)17-9-7-6-8-16(17)13-22-18-11-10-14(2)12-15(18)3/h7-12H,6,13H2,1-5H3;4*6-11H,5,12H2,1-4H3;6-12H,5,13H2,1-4H3. The van der Waals surface area contributed by atoms with E-state index in [9.17, 15) is 33.2 Å². The predicted molar refractivity (Wildman–Crippen MR) is 622 cm³/mol. The number of ether oxygens (including phenoxy) is 6. The van der Waals surface area contributed by atoms with Crippen LogP contribution in [0.25, 0.3) is 0 Å². The first kappa shape index (κ1) is 120. The number of rotatable bonds is 30. The number of thioether (sulfide) groups is 6. The van der Waals surface area contributed by atoms with Gasteiger partial charge in [0.05, 0.1) is 34.1 Å². The van der Waals surface area contributed by atoms with E-state index in [1.807, 2.05) is 246 Å². The first-order valence-electron chi connectivity index (χ1n) is 47.0. The van der Waals surface area contributed by atoms with E-state index in [1.165, 1.54) is 92.7 Å². The monoisotopic (exact) mass is 2240 g/mol. The second-order valence-corrected chi connectivity index (χ2v) is 40.3. The van der Waals surface area contributed by atoms with Crippen molar-refractivity contribution in [1.82, 2.24) is 0 Å². The number of carbonyl (C=O) groups excluding carboxylic acids is 6. The third-order valence-electron chi connectivity index (χ3n) is 23.0. The van der Waals surface area contributed by atoms with Gasteiger partial charge in [-0.2, -0.15) is 0 Å². The fourth-order valence-corrected chi connectivity index (χ4v) is 19.5. The van der Waals surface area contributed by atoms with E-state index in [0.717, 1.165) is 149 Å². The Labute approximate surface area is 900 Å². The van der Waals surface area contributed by atoms with Gasteiger partial charge in [-0.25, -0.2) is 4.39 Å². The van der Waals surface area contributed by atoms with Crippen LogP contribution < -0.4 is 57.8 Å². The van der Waals surface area contributed by atoms with Gasteiger partial charge in [-0.15, -0.1) is 0 Å². The van der Waals surface area contributed by atoms with Gasteiger partial charge in [0, 0.05) is 85.7 Å². The van der Waals surface area contributed by atoms with Crippen LogP contribution >= 0.6 is 121 Å². The zero-order chi connectivity index (χ0) is 105. The largest absolute Gasteiger partial charge is 0.489 e. The first-order chi connectivity index (χ1) is 68.4. The second-order valence-electron chi connectivity index (χ2n) is 33.3. The normalized spacial score (nSPS) is 10.5. The molecule has 0 unspecified atom stereocenters. The topological polar surface area (TPSA) is 177 Å². The van der Waals surface area contributed by atoms with Gasteiger partial charge in [0.1, 0.15) is 80.0 Å². The minimum atomic E-state index is -0.371. The van der Waals surface area contributed by atoms with Crippen LogP contribution in [0.5, 0.6) is 34.5 Å². The van der Waals surface area contributed by atoms with Crippen molar-refractivity contribution in [3.8, 4) is 34.5 Å². The SMILES string of the molecule is CCN(C(=O)SC)c1cccc(Br)c1COc1ccc(C)cc1C.CCN(C(=O)SC)c1cccc(C)c1COc1ccc(C)cc1C.CCN(C(=O)SC)c1cccc(Cl)c1COc1ccc(C)cc1C.CCN(C(=O)SC)c1cccc(F)c1COc1ccc(C)cc1C.CCN(C(=O)SC)c1cccc(I)c1COc1ccc(C)cc1C.CCN(C(=O)SC)c1ccccc1COc1ccc(C)cc1C. The third kappa shape index (κ3) is 35.3. The van der Waals surface area contributed by atoms with Gasteiger partial charge in [0.15, 0.2) is 0 Å². The average Bonchev–Trinajstić information content (AvgIpc) is 0.828. The van der Waals surface area contributed by atoms with Crippen LogP contribution in [0.4, 0.5) is 67.3 Å². The Kier molecular flexibility index (Phi) is 51.3. The van der Waals surface area contributed by atoms with Crippen molar-refractivity contribution >= 4 is 186 Å². The van der Waals surface area contributed by atoms with Crippen LogP contribution in [0, 0.1) is 99.4 Å². The van der Waals surface area contributed by atoms with Crippen molar-refractivity contribution in [3.63, 3.8) is 0 Å². The average molecular weight is 2250 g/mol. The highest BCUT2D eigenvalue weighted by Gasteiger charge is 2.27. The number of hydrogen-bond acceptors (Lipinski definition) is 18. The Morgan fingerprint density at radius 2 is 0.524 bits per heavy atom. The van der Waals surface area contributed by atoms with E-state index in [1.54, 1.807) is 66.6 Å². The first-order valence-corrected chi connectivity index (χ1v) is 56.6. The molecule has 762 valence electrons. The minimum absolute atomic E-state index is 0.00691. The van der Waals surface area contributed by atoms with Gasteiger partial charge in [-0.05, 0) is 328 Å². The summed E-state index contributed by atoms with van der Waals surface area (Å²) in [4.78, 5) is 83.5. The van der Waals surface area contributed by atoms with Crippen LogP contribution in [0.15, 0.2) is 229 Å². The molecule has 0 saturated heterocycles. The predicted octanol–water partition coefficient (Wildman–Crippen LogP) is 33.6. The highest BCUT2D eigenvalue weighted by Crippen LogP contribution is 2.39. The molecule has 12 aromatic rings. The van der Waals surface area contributed by atoms with E-state index in [0.29, 0.717) is 94.3 Å². The number of benzene rings is 12. The summed E-state index contributed by atoms with van der Waals surface area (Å²) in [5, 5.41) is 0.658. The minimum Gasteiger partial charge on any atom is -0.489 e. The van der Waals surface area contributed by atoms with Crippen molar-refractivity contribution in [3.05, 3.63) is 349 Å². The molecule has 28 heteroatoms. The molecule has 12 rings (SSSR count). The molecule has 12 aromatic carbocycles. The molecule has 0 heterocycles. The lowest BCUT2D eigenvalue weighted by Crippen LogP contribution is -2.28. The molecule has 0 bridgehead atoms. The molecule has 18 nitrogen and oxygen atoms in total. The van der Waals surface area contributed by atoms with Crippen molar-refractivity contribution < 1.29 is 61.6 Å². The number of anilines is 6. The maximum atomic E-state index is 14.4. The molecular formula is C115H136BrClFIN6O12S6. The summed E-state index contributed by atoms with van der Waals surface area (Å²) < 4.78 is 52.3. The molecule has 0 fully saturated rings. The van der Waals surface area contributed by atoms with Gasteiger partial charge >= 0.3 is 0 Å². The van der Waals surface area contributed by atoms with E-state index in [-0.39, 0.29) is 43.9 Å². The molecule has 0 atom stereocenters. The number of aryl methyl sites for hydroxylation is 13. The number of carbonyl (C=O) groups is 6. The van der Waals surface area contributed by atoms with Gasteiger partial charge in [0.2, 0.25) is 0 Å². The molecule has 0 aliphatic carbocycles. The lowest BCUT2D eigenvalue weighted by molar-refractivity contribution is 0.264. The van der Waals surface area contributed by atoms with Crippen LogP contribution in [-0.2, 0) is 39.6 Å². The zero-order valence-corrected chi connectivity index (χ0v) is 96.3. The Morgan fingerprint density at radius 1 is 0.280 bits per heavy atom. The van der Waals surface area contributed by atoms with Gasteiger partial charge in [-0.3, -0.25) is 28.8 Å². The van der Waals surface area contributed by atoms with E-state index >= 15 is 0 Å². The summed E-state index contributed by atoms with van der Waals surface area (Å²) in [6.07, 6.45) is 10.7. The number of para-hydroxylation sites is 1. The Hall–Kier alpha value is -10.2. The molecule has 0 aliphatic heterocycles. The zero-order valence-electron chi connectivity index (χ0n) is 86.9. The summed E-state index contributed by atoms with van der Waals surface area (Å²) in [5.41, 5.74) is 25.2. The van der Waals surface area contributed by atoms with Gasteiger partial charge in [-0.1, -0.05) is 259 Å². The summed E-state index contributed by atoms with van der Waals surface area (Å²) in [7, 11) is 0. The van der Waals surface area contributed by atoms with Crippen LogP contribution in [0.2, 0.25) is 5.02 Å². The molecule has 0 aliphatic rings. The Bertz CT molecular complexity index is 5550. The molecule has 0 spiro atoms. The molecule has 0 radical (unpaired) electrons. The van der Waals surface area contributed by atoms with Crippen LogP contribution in [0.1, 0.15) is 147 Å². The molecule has 0 N–H and O–H groups in total. The summed E-state index contributed by atoms with van der Waals surface area (Å²) in [6.45, 7) is 44.0. The van der Waals surface area contributed by atoms with Crippen molar-refractivity contribution in [2.75, 3.05) is 106 Å². The summed E-state index contributed by atoms with van der Waals surface area (Å²) >= 11 is 19.5. The lowest BCUT2D eigenvalue weighted by atomic mass is 10.1. The summed E-state index contributed by atoms with van der Waals surface area (Å²) in [6, 6.07) is 72.7. The quantitative estimate of drug-likeness (QED) is 0.0388. The molecule has 0 saturated carbocycles. The Morgan fingerprint density at radius 3 is 0.860 bits per heavy atom. The number of hydrogen-bond donors (Lipinski definition) is 0. The fourth-order valence-electron chi connectivity index (χ4n) is 15.5. The van der Waals surface area contributed by atoms with Crippen molar-refractivity contribution in [2.45, 2.75) is 171 Å². The Balaban J connectivity index is 0.000000233. The maximum absolute atomic E-state index is 14.4. The lowest BCUT2D eigenvalue weighted by Gasteiger charge is -2.24. The number of amides is 6. The number of nitrogens with zero attached hydrogens (tertiary/aromatic N) is 6. The highest BCUT2D eigenvalue weighted by atomic mass is 127. The highest BCUT2D eigenvalue weighted by molar-refractivity contribution is 14.1. The van der Waals surface area contributed by atoms with E-state index in [4.69, 9.17) is 40.0 Å². The van der Waals surface area contributed by atoms with E-state index in [2.05, 4.69) is 142 Å². The third-order valence-corrected chi connectivity index (χ3v) is 28.5. The van der Waals surface area contributed by atoms with Crippen molar-refractivity contribution in [2.24, 2.45) is 0 Å². The molecule has 0 aromatic heterocycles. The van der Waals surface area contributed by atoms with Crippen LogP contribution in [0.3, 0.4) is 0 Å². The second kappa shape index (κ2) is 61.3. The van der Waals surface area contributed by atoms with Crippen LogP contribution in [-0.4, -0.2) is 108 Å². The smallest absolute Gasteiger partial charge is 0.285 e. The molecular weight excluding hydrogens is 2110 g/mol. The maximum Gasteiger partial charge on any atom is 0.285 e. The summed E-state index contributed by atoms with van der Waals surface area (Å²) in [5.74, 6) is 4.68. The fraction of sp³-hybridized carbons (Fsp3) is 0.322. The molecule has 6 amide bonds. The van der Waals surface area contributed by atoms with E-state index < -0.39 is 0 Å². The number of halogens is 4. The van der Waals surface area contributed by atoms with Gasteiger partial charge < -0.3 is 57.8 Å². The van der Waals surface area contributed by atoms with Crippen molar-refractivity contribution in [1.29, 1.82) is 0 Å². The van der Waals surface area contributed by atoms with Gasteiger partial charge in [0.25, 0.3) is 31.4 Å². The molecule has 143 heavy (non-hydrogen) atoms.